The third kappa shape index (κ3) is 3.44. The molecule has 0 bridgehead atoms. The van der Waals surface area contributed by atoms with Crippen molar-refractivity contribution in [3.05, 3.63) is 35.6 Å². The second kappa shape index (κ2) is 5.73. The predicted molar refractivity (Wildman–Crippen MR) is 52.6 cm³/mol. The molecule has 1 N–H and O–H groups in total. The molecule has 0 radical (unpaired) electrons. The normalized spacial score (nSPS) is 12.8. The minimum absolute atomic E-state index is 0.00577. The van der Waals surface area contributed by atoms with E-state index in [9.17, 15) is 4.39 Å². The van der Waals surface area contributed by atoms with Gasteiger partial charge in [-0.15, -0.1) is 0 Å². The van der Waals surface area contributed by atoms with E-state index in [-0.39, 0.29) is 18.5 Å². The van der Waals surface area contributed by atoms with E-state index < -0.39 is 0 Å². The highest BCUT2D eigenvalue weighted by molar-refractivity contribution is 5.16. The van der Waals surface area contributed by atoms with Gasteiger partial charge in [0.1, 0.15) is 5.82 Å². The molecular weight excluding hydrogens is 183 g/mol. The molecule has 0 fully saturated rings. The van der Waals surface area contributed by atoms with Crippen molar-refractivity contribution in [1.29, 1.82) is 0 Å². The van der Waals surface area contributed by atoms with Crippen LogP contribution in [0.4, 0.5) is 4.39 Å². The molecule has 0 heterocycles. The van der Waals surface area contributed by atoms with Crippen LogP contribution in [0.15, 0.2) is 24.3 Å². The van der Waals surface area contributed by atoms with Crippen LogP contribution in [-0.4, -0.2) is 24.9 Å². The van der Waals surface area contributed by atoms with Crippen molar-refractivity contribution in [2.75, 3.05) is 13.7 Å². The van der Waals surface area contributed by atoms with Gasteiger partial charge in [0, 0.05) is 7.11 Å². The number of aryl methyl sites for hydroxylation is 1. The Morgan fingerprint density at radius 2 is 2.29 bits per heavy atom. The average Bonchev–Trinajstić information content (AvgIpc) is 2.19. The number of aliphatic hydroxyl groups excluding tert-OH is 1. The van der Waals surface area contributed by atoms with E-state index in [1.54, 1.807) is 13.2 Å². The van der Waals surface area contributed by atoms with Gasteiger partial charge in [-0.2, -0.15) is 0 Å². The molecule has 0 aliphatic heterocycles. The second-order valence-electron chi connectivity index (χ2n) is 3.21. The molecule has 78 valence electrons. The number of hydrogen-bond acceptors (Lipinski definition) is 2. The molecule has 0 amide bonds. The van der Waals surface area contributed by atoms with Gasteiger partial charge >= 0.3 is 0 Å². The first kappa shape index (κ1) is 11.1. The van der Waals surface area contributed by atoms with Gasteiger partial charge in [-0.1, -0.05) is 12.1 Å². The van der Waals surface area contributed by atoms with Gasteiger partial charge in [0.05, 0.1) is 12.7 Å². The zero-order valence-electron chi connectivity index (χ0n) is 8.24. The second-order valence-corrected chi connectivity index (χ2v) is 3.21. The summed E-state index contributed by atoms with van der Waals surface area (Å²) in [6.07, 6.45) is 1.27. The Bertz CT molecular complexity index is 272. The Kier molecular flexibility index (Phi) is 4.56. The van der Waals surface area contributed by atoms with Crippen LogP contribution < -0.4 is 0 Å². The lowest BCUT2D eigenvalue weighted by molar-refractivity contribution is 0.0435. The molecule has 0 spiro atoms. The Labute approximate surface area is 83.3 Å². The molecule has 3 heteroatoms. The number of benzene rings is 1. The molecule has 1 atom stereocenters. The lowest BCUT2D eigenvalue weighted by atomic mass is 10.1. The fourth-order valence-electron chi connectivity index (χ4n) is 1.30. The molecule has 1 aromatic rings. The molecule has 1 aromatic carbocycles. The third-order valence-electron chi connectivity index (χ3n) is 2.18. The van der Waals surface area contributed by atoms with Gasteiger partial charge in [-0.3, -0.25) is 0 Å². The maximum absolute atomic E-state index is 12.8. The van der Waals surface area contributed by atoms with Crippen LogP contribution in [0.5, 0.6) is 0 Å². The number of methoxy groups -OCH3 is 1. The standard InChI is InChI=1S/C11H15FO2/c1-14-11(8-13)6-5-9-3-2-4-10(12)7-9/h2-4,7,11,13H,5-6,8H2,1H3. The van der Waals surface area contributed by atoms with E-state index in [0.29, 0.717) is 6.42 Å². The summed E-state index contributed by atoms with van der Waals surface area (Å²) in [5, 5.41) is 8.86. The topological polar surface area (TPSA) is 29.5 Å². The lowest BCUT2D eigenvalue weighted by Gasteiger charge is -2.11. The van der Waals surface area contributed by atoms with Crippen LogP contribution >= 0.6 is 0 Å². The van der Waals surface area contributed by atoms with Crippen LogP contribution in [0.2, 0.25) is 0 Å². The number of aliphatic hydroxyl groups is 1. The number of halogens is 1. The Hall–Kier alpha value is -0.930. The van der Waals surface area contributed by atoms with Crippen LogP contribution in [-0.2, 0) is 11.2 Å². The zero-order valence-corrected chi connectivity index (χ0v) is 8.24. The maximum atomic E-state index is 12.8. The van der Waals surface area contributed by atoms with Crippen molar-refractivity contribution in [1.82, 2.24) is 0 Å². The third-order valence-corrected chi connectivity index (χ3v) is 2.18. The summed E-state index contributed by atoms with van der Waals surface area (Å²) in [6.45, 7) is 0.00577. The molecule has 1 unspecified atom stereocenters. The Morgan fingerprint density at radius 3 is 2.86 bits per heavy atom. The van der Waals surface area contributed by atoms with Gasteiger partial charge in [0.25, 0.3) is 0 Å². The minimum Gasteiger partial charge on any atom is -0.394 e. The highest BCUT2D eigenvalue weighted by Gasteiger charge is 2.05. The average molecular weight is 198 g/mol. The predicted octanol–water partition coefficient (Wildman–Crippen LogP) is 1.77. The summed E-state index contributed by atoms with van der Waals surface area (Å²) in [7, 11) is 1.56. The first-order chi connectivity index (χ1) is 6.76. The molecule has 0 saturated heterocycles. The first-order valence-electron chi connectivity index (χ1n) is 4.64. The highest BCUT2D eigenvalue weighted by Crippen LogP contribution is 2.08. The molecule has 0 aliphatic rings. The van der Waals surface area contributed by atoms with Crippen molar-refractivity contribution in [3.63, 3.8) is 0 Å². The summed E-state index contributed by atoms with van der Waals surface area (Å²) in [6, 6.07) is 6.48. The monoisotopic (exact) mass is 198 g/mol. The highest BCUT2D eigenvalue weighted by atomic mass is 19.1. The minimum atomic E-state index is -0.222. The van der Waals surface area contributed by atoms with Gasteiger partial charge in [-0.25, -0.2) is 4.39 Å². The SMILES string of the molecule is COC(CO)CCc1cccc(F)c1. The number of rotatable bonds is 5. The van der Waals surface area contributed by atoms with Crippen molar-refractivity contribution in [2.45, 2.75) is 18.9 Å². The number of ether oxygens (including phenoxy) is 1. The summed E-state index contributed by atoms with van der Waals surface area (Å²) in [5.41, 5.74) is 0.931. The quantitative estimate of drug-likeness (QED) is 0.781. The zero-order chi connectivity index (χ0) is 10.4. The van der Waals surface area contributed by atoms with E-state index in [2.05, 4.69) is 0 Å². The van der Waals surface area contributed by atoms with Crippen LogP contribution in [0.3, 0.4) is 0 Å². The summed E-state index contributed by atoms with van der Waals surface area (Å²) in [5.74, 6) is -0.222. The molecule has 0 aromatic heterocycles. The first-order valence-corrected chi connectivity index (χ1v) is 4.64. The van der Waals surface area contributed by atoms with Crippen LogP contribution in [0, 0.1) is 5.82 Å². The largest absolute Gasteiger partial charge is 0.394 e. The van der Waals surface area contributed by atoms with Crippen LogP contribution in [0.25, 0.3) is 0 Å². The Balaban J connectivity index is 2.44. The van der Waals surface area contributed by atoms with Crippen LogP contribution in [0.1, 0.15) is 12.0 Å². The summed E-state index contributed by atoms with van der Waals surface area (Å²) < 4.78 is 17.8. The van der Waals surface area contributed by atoms with Gasteiger partial charge < -0.3 is 9.84 Å². The summed E-state index contributed by atoms with van der Waals surface area (Å²) in [4.78, 5) is 0. The summed E-state index contributed by atoms with van der Waals surface area (Å²) >= 11 is 0. The number of hydrogen-bond donors (Lipinski definition) is 1. The van der Waals surface area contributed by atoms with E-state index in [1.807, 2.05) is 6.07 Å². The molecular formula is C11H15FO2. The fourth-order valence-corrected chi connectivity index (χ4v) is 1.30. The van der Waals surface area contributed by atoms with Crippen molar-refractivity contribution >= 4 is 0 Å². The lowest BCUT2D eigenvalue weighted by Crippen LogP contribution is -2.16. The van der Waals surface area contributed by atoms with E-state index >= 15 is 0 Å². The molecule has 0 saturated carbocycles. The molecule has 14 heavy (non-hydrogen) atoms. The smallest absolute Gasteiger partial charge is 0.123 e. The Morgan fingerprint density at radius 1 is 1.50 bits per heavy atom. The van der Waals surface area contributed by atoms with Gasteiger partial charge in [-0.05, 0) is 30.5 Å². The van der Waals surface area contributed by atoms with E-state index in [0.717, 1.165) is 12.0 Å². The van der Waals surface area contributed by atoms with E-state index in [1.165, 1.54) is 12.1 Å². The van der Waals surface area contributed by atoms with E-state index in [4.69, 9.17) is 9.84 Å². The fraction of sp³-hybridized carbons (Fsp3) is 0.455. The van der Waals surface area contributed by atoms with Crippen molar-refractivity contribution in [2.24, 2.45) is 0 Å². The van der Waals surface area contributed by atoms with Gasteiger partial charge in [0.2, 0.25) is 0 Å². The van der Waals surface area contributed by atoms with Gasteiger partial charge in [0.15, 0.2) is 0 Å². The molecule has 1 rings (SSSR count). The van der Waals surface area contributed by atoms with Crippen molar-refractivity contribution < 1.29 is 14.2 Å². The molecule has 2 nitrogen and oxygen atoms in total. The van der Waals surface area contributed by atoms with Crippen molar-refractivity contribution in [3.8, 4) is 0 Å². The molecule has 0 aliphatic carbocycles. The maximum Gasteiger partial charge on any atom is 0.123 e.